The van der Waals surface area contributed by atoms with Crippen molar-refractivity contribution in [2.45, 2.75) is 6.54 Å². The standard InChI is InChI=1S/C15H25N5O/c1-18(2)5-6-19-7-9-20(10-8-19)15(21)14-4-3-13(11-16)12-17-14/h3-4,12H,5-11,16H2,1-2H3. The summed E-state index contributed by atoms with van der Waals surface area (Å²) in [5, 5.41) is 0. The maximum atomic E-state index is 12.4. The van der Waals surface area contributed by atoms with Crippen molar-refractivity contribution in [1.82, 2.24) is 19.7 Å². The van der Waals surface area contributed by atoms with Gasteiger partial charge in [-0.2, -0.15) is 0 Å². The number of carbonyl (C=O) groups is 1. The summed E-state index contributed by atoms with van der Waals surface area (Å²) >= 11 is 0. The molecule has 1 saturated heterocycles. The van der Waals surface area contributed by atoms with Gasteiger partial charge in [0.15, 0.2) is 0 Å². The predicted octanol–water partition coefficient (Wildman–Crippen LogP) is -0.140. The van der Waals surface area contributed by atoms with Crippen LogP contribution in [0.4, 0.5) is 0 Å². The first kappa shape index (κ1) is 15.9. The molecule has 2 heterocycles. The quantitative estimate of drug-likeness (QED) is 0.818. The molecule has 0 bridgehead atoms. The fourth-order valence-corrected chi connectivity index (χ4v) is 2.35. The third-order valence-corrected chi connectivity index (χ3v) is 3.80. The van der Waals surface area contributed by atoms with Crippen LogP contribution in [-0.4, -0.2) is 79.0 Å². The van der Waals surface area contributed by atoms with Gasteiger partial charge in [0.05, 0.1) is 0 Å². The smallest absolute Gasteiger partial charge is 0.272 e. The molecule has 1 aromatic rings. The molecule has 2 N–H and O–H groups in total. The van der Waals surface area contributed by atoms with E-state index in [0.717, 1.165) is 44.8 Å². The fraction of sp³-hybridized carbons (Fsp3) is 0.600. The van der Waals surface area contributed by atoms with Gasteiger partial charge in [-0.05, 0) is 25.7 Å². The molecule has 21 heavy (non-hydrogen) atoms. The first-order valence-corrected chi connectivity index (χ1v) is 7.41. The molecule has 1 aliphatic heterocycles. The summed E-state index contributed by atoms with van der Waals surface area (Å²) in [5.74, 6) is 0.0193. The number of nitrogens with zero attached hydrogens (tertiary/aromatic N) is 4. The lowest BCUT2D eigenvalue weighted by Crippen LogP contribution is -2.50. The summed E-state index contributed by atoms with van der Waals surface area (Å²) in [7, 11) is 4.16. The number of carbonyl (C=O) groups excluding carboxylic acids is 1. The van der Waals surface area contributed by atoms with Crippen LogP contribution in [0.2, 0.25) is 0 Å². The number of rotatable bonds is 5. The zero-order chi connectivity index (χ0) is 15.2. The predicted molar refractivity (Wildman–Crippen MR) is 83.0 cm³/mol. The van der Waals surface area contributed by atoms with Gasteiger partial charge in [-0.25, -0.2) is 0 Å². The van der Waals surface area contributed by atoms with Crippen LogP contribution in [0.25, 0.3) is 0 Å². The summed E-state index contributed by atoms with van der Waals surface area (Å²) in [4.78, 5) is 23.1. The molecule has 1 aliphatic rings. The van der Waals surface area contributed by atoms with E-state index in [4.69, 9.17) is 5.73 Å². The summed E-state index contributed by atoms with van der Waals surface area (Å²) < 4.78 is 0. The van der Waals surface area contributed by atoms with E-state index in [0.29, 0.717) is 12.2 Å². The molecule has 6 nitrogen and oxygen atoms in total. The molecular weight excluding hydrogens is 266 g/mol. The second kappa shape index (κ2) is 7.49. The maximum Gasteiger partial charge on any atom is 0.272 e. The van der Waals surface area contributed by atoms with E-state index in [-0.39, 0.29) is 5.91 Å². The molecule has 2 rings (SSSR count). The van der Waals surface area contributed by atoms with E-state index in [9.17, 15) is 4.79 Å². The Morgan fingerprint density at radius 1 is 1.29 bits per heavy atom. The number of aromatic nitrogens is 1. The highest BCUT2D eigenvalue weighted by molar-refractivity contribution is 5.92. The first-order valence-electron chi connectivity index (χ1n) is 7.41. The van der Waals surface area contributed by atoms with Crippen LogP contribution in [0.1, 0.15) is 16.1 Å². The molecule has 0 aliphatic carbocycles. The Balaban J connectivity index is 1.84. The zero-order valence-electron chi connectivity index (χ0n) is 13.0. The van der Waals surface area contributed by atoms with Gasteiger partial charge in [0, 0.05) is 52.0 Å². The lowest BCUT2D eigenvalue weighted by Gasteiger charge is -2.35. The molecule has 0 radical (unpaired) electrons. The first-order chi connectivity index (χ1) is 10.1. The van der Waals surface area contributed by atoms with Crippen molar-refractivity contribution >= 4 is 5.91 Å². The zero-order valence-corrected chi connectivity index (χ0v) is 13.0. The number of piperazine rings is 1. The molecule has 0 atom stereocenters. The molecule has 1 fully saturated rings. The average Bonchev–Trinajstić information content (AvgIpc) is 2.53. The molecule has 0 aromatic carbocycles. The summed E-state index contributed by atoms with van der Waals surface area (Å²) in [6.07, 6.45) is 1.68. The molecule has 0 saturated carbocycles. The number of pyridine rings is 1. The third-order valence-electron chi connectivity index (χ3n) is 3.80. The topological polar surface area (TPSA) is 65.7 Å². The van der Waals surface area contributed by atoms with E-state index in [2.05, 4.69) is 28.9 Å². The molecule has 6 heteroatoms. The van der Waals surface area contributed by atoms with Gasteiger partial charge >= 0.3 is 0 Å². The Hall–Kier alpha value is -1.50. The van der Waals surface area contributed by atoms with Gasteiger partial charge in [0.2, 0.25) is 0 Å². The Kier molecular flexibility index (Phi) is 5.67. The Labute approximate surface area is 126 Å². The van der Waals surface area contributed by atoms with Gasteiger partial charge in [-0.3, -0.25) is 14.7 Å². The molecule has 116 valence electrons. The van der Waals surface area contributed by atoms with E-state index in [1.165, 1.54) is 0 Å². The van der Waals surface area contributed by atoms with Crippen molar-refractivity contribution in [3.8, 4) is 0 Å². The van der Waals surface area contributed by atoms with Gasteiger partial charge in [-0.1, -0.05) is 6.07 Å². The largest absolute Gasteiger partial charge is 0.335 e. The van der Waals surface area contributed by atoms with E-state index in [1.54, 1.807) is 12.3 Å². The highest BCUT2D eigenvalue weighted by Gasteiger charge is 2.22. The van der Waals surface area contributed by atoms with Crippen LogP contribution in [0.5, 0.6) is 0 Å². The fourth-order valence-electron chi connectivity index (χ4n) is 2.35. The van der Waals surface area contributed by atoms with Crippen molar-refractivity contribution in [1.29, 1.82) is 0 Å². The van der Waals surface area contributed by atoms with Gasteiger partial charge in [-0.15, -0.1) is 0 Å². The number of amides is 1. The third kappa shape index (κ3) is 4.49. The van der Waals surface area contributed by atoms with Crippen molar-refractivity contribution in [3.05, 3.63) is 29.6 Å². The average molecular weight is 291 g/mol. The number of nitrogens with two attached hydrogens (primary N) is 1. The number of hydrogen-bond acceptors (Lipinski definition) is 5. The Morgan fingerprint density at radius 2 is 2.00 bits per heavy atom. The number of hydrogen-bond donors (Lipinski definition) is 1. The van der Waals surface area contributed by atoms with Crippen LogP contribution < -0.4 is 5.73 Å². The lowest BCUT2D eigenvalue weighted by molar-refractivity contribution is 0.0624. The van der Waals surface area contributed by atoms with Crippen molar-refractivity contribution < 1.29 is 4.79 Å². The molecule has 1 amide bonds. The van der Waals surface area contributed by atoms with Gasteiger partial charge in [0.1, 0.15) is 5.69 Å². The summed E-state index contributed by atoms with van der Waals surface area (Å²) in [5.41, 5.74) is 6.99. The minimum atomic E-state index is 0.0193. The normalized spacial score (nSPS) is 16.5. The summed E-state index contributed by atoms with van der Waals surface area (Å²) in [6, 6.07) is 3.64. The van der Waals surface area contributed by atoms with Crippen molar-refractivity contribution in [3.63, 3.8) is 0 Å². The Bertz CT molecular complexity index is 452. The van der Waals surface area contributed by atoms with Gasteiger partial charge in [0.25, 0.3) is 5.91 Å². The van der Waals surface area contributed by atoms with E-state index >= 15 is 0 Å². The van der Waals surface area contributed by atoms with E-state index < -0.39 is 0 Å². The second-order valence-corrected chi connectivity index (χ2v) is 5.69. The molecule has 0 unspecified atom stereocenters. The highest BCUT2D eigenvalue weighted by atomic mass is 16.2. The number of likely N-dealkylation sites (N-methyl/N-ethyl adjacent to an activating group) is 1. The Morgan fingerprint density at radius 3 is 2.52 bits per heavy atom. The SMILES string of the molecule is CN(C)CCN1CCN(C(=O)c2ccc(CN)cn2)CC1. The summed E-state index contributed by atoms with van der Waals surface area (Å²) in [6.45, 7) is 5.96. The molecule has 1 aromatic heterocycles. The maximum absolute atomic E-state index is 12.4. The van der Waals surface area contributed by atoms with Crippen molar-refractivity contribution in [2.75, 3.05) is 53.4 Å². The van der Waals surface area contributed by atoms with Crippen LogP contribution in [0.3, 0.4) is 0 Å². The van der Waals surface area contributed by atoms with Crippen LogP contribution in [-0.2, 0) is 6.54 Å². The van der Waals surface area contributed by atoms with Crippen LogP contribution >= 0.6 is 0 Å². The van der Waals surface area contributed by atoms with Gasteiger partial charge < -0.3 is 15.5 Å². The minimum absolute atomic E-state index is 0.0193. The van der Waals surface area contributed by atoms with E-state index in [1.807, 2.05) is 11.0 Å². The van der Waals surface area contributed by atoms with Crippen LogP contribution in [0, 0.1) is 0 Å². The lowest BCUT2D eigenvalue weighted by atomic mass is 10.2. The van der Waals surface area contributed by atoms with Crippen molar-refractivity contribution in [2.24, 2.45) is 5.73 Å². The molecule has 0 spiro atoms. The second-order valence-electron chi connectivity index (χ2n) is 5.69. The monoisotopic (exact) mass is 291 g/mol. The minimum Gasteiger partial charge on any atom is -0.335 e. The highest BCUT2D eigenvalue weighted by Crippen LogP contribution is 2.08. The molecular formula is C15H25N5O. The van der Waals surface area contributed by atoms with Crippen LogP contribution in [0.15, 0.2) is 18.3 Å².